The van der Waals surface area contributed by atoms with Crippen molar-refractivity contribution in [2.24, 2.45) is 0 Å². The fourth-order valence-electron chi connectivity index (χ4n) is 1.60. The monoisotopic (exact) mass is 198 g/mol. The van der Waals surface area contributed by atoms with Gasteiger partial charge in [-0.3, -0.25) is 5.10 Å². The van der Waals surface area contributed by atoms with Crippen LogP contribution in [0.4, 0.5) is 11.5 Å². The van der Waals surface area contributed by atoms with Crippen molar-refractivity contribution in [3.05, 3.63) is 6.20 Å². The van der Waals surface area contributed by atoms with Crippen molar-refractivity contribution < 1.29 is 0 Å². The average Bonchev–Trinajstić information content (AvgIpc) is 2.72. The van der Waals surface area contributed by atoms with Gasteiger partial charge in [-0.1, -0.05) is 0 Å². The first-order chi connectivity index (χ1) is 6.29. The SMILES string of the molecule is CN(c1cn[nH]c1N)C1CCSC1. The molecule has 2 heterocycles. The number of rotatable bonds is 2. The Labute approximate surface area is 81.9 Å². The van der Waals surface area contributed by atoms with E-state index in [1.807, 2.05) is 11.8 Å². The van der Waals surface area contributed by atoms with E-state index in [1.54, 1.807) is 6.20 Å². The molecule has 2 rings (SSSR count). The summed E-state index contributed by atoms with van der Waals surface area (Å²) in [5.41, 5.74) is 6.76. The number of aromatic nitrogens is 2. The van der Waals surface area contributed by atoms with E-state index in [4.69, 9.17) is 5.73 Å². The zero-order chi connectivity index (χ0) is 9.26. The molecule has 5 heteroatoms. The summed E-state index contributed by atoms with van der Waals surface area (Å²) in [6.45, 7) is 0. The molecule has 0 saturated carbocycles. The number of nitrogens with zero attached hydrogens (tertiary/aromatic N) is 2. The van der Waals surface area contributed by atoms with E-state index >= 15 is 0 Å². The lowest BCUT2D eigenvalue weighted by Gasteiger charge is -2.24. The molecule has 1 unspecified atom stereocenters. The Morgan fingerprint density at radius 3 is 3.15 bits per heavy atom. The van der Waals surface area contributed by atoms with E-state index < -0.39 is 0 Å². The maximum atomic E-state index is 5.74. The number of H-pyrrole nitrogens is 1. The first-order valence-electron chi connectivity index (χ1n) is 4.38. The summed E-state index contributed by atoms with van der Waals surface area (Å²) in [5, 5.41) is 6.67. The average molecular weight is 198 g/mol. The predicted molar refractivity (Wildman–Crippen MR) is 57.1 cm³/mol. The minimum atomic E-state index is 0.616. The summed E-state index contributed by atoms with van der Waals surface area (Å²) in [5.74, 6) is 3.12. The molecule has 72 valence electrons. The fourth-order valence-corrected chi connectivity index (χ4v) is 2.86. The molecule has 1 aromatic heterocycles. The summed E-state index contributed by atoms with van der Waals surface area (Å²) in [6, 6.07) is 0.616. The van der Waals surface area contributed by atoms with Crippen molar-refractivity contribution in [1.29, 1.82) is 0 Å². The maximum Gasteiger partial charge on any atom is 0.142 e. The molecule has 1 aliphatic heterocycles. The second kappa shape index (κ2) is 3.49. The van der Waals surface area contributed by atoms with Crippen LogP contribution in [-0.4, -0.2) is 34.8 Å². The van der Waals surface area contributed by atoms with Gasteiger partial charge >= 0.3 is 0 Å². The van der Waals surface area contributed by atoms with E-state index in [0.29, 0.717) is 11.9 Å². The van der Waals surface area contributed by atoms with Gasteiger partial charge in [0.05, 0.1) is 11.9 Å². The molecule has 1 aliphatic rings. The van der Waals surface area contributed by atoms with Gasteiger partial charge in [0.25, 0.3) is 0 Å². The van der Waals surface area contributed by atoms with Gasteiger partial charge in [0.2, 0.25) is 0 Å². The molecule has 0 aliphatic carbocycles. The molecule has 0 spiro atoms. The summed E-state index contributed by atoms with van der Waals surface area (Å²) >= 11 is 2.00. The number of aromatic amines is 1. The molecular weight excluding hydrogens is 184 g/mol. The third kappa shape index (κ3) is 1.60. The third-order valence-corrected chi connectivity index (χ3v) is 3.63. The maximum absolute atomic E-state index is 5.74. The Kier molecular flexibility index (Phi) is 2.35. The summed E-state index contributed by atoms with van der Waals surface area (Å²) in [4.78, 5) is 2.22. The van der Waals surface area contributed by atoms with Crippen molar-refractivity contribution in [2.45, 2.75) is 12.5 Å². The second-order valence-corrected chi connectivity index (χ2v) is 4.45. The first kappa shape index (κ1) is 8.74. The van der Waals surface area contributed by atoms with Crippen molar-refractivity contribution in [2.75, 3.05) is 29.2 Å². The van der Waals surface area contributed by atoms with Gasteiger partial charge in [0.1, 0.15) is 5.82 Å². The van der Waals surface area contributed by atoms with Crippen LogP contribution in [0, 0.1) is 0 Å². The number of thioether (sulfide) groups is 1. The smallest absolute Gasteiger partial charge is 0.142 e. The zero-order valence-corrected chi connectivity index (χ0v) is 8.47. The lowest BCUT2D eigenvalue weighted by molar-refractivity contribution is 0.701. The van der Waals surface area contributed by atoms with Crippen LogP contribution in [0.1, 0.15) is 6.42 Å². The van der Waals surface area contributed by atoms with E-state index in [0.717, 1.165) is 5.69 Å². The number of hydrogen-bond donors (Lipinski definition) is 2. The van der Waals surface area contributed by atoms with Gasteiger partial charge in [-0.2, -0.15) is 16.9 Å². The van der Waals surface area contributed by atoms with Crippen LogP contribution < -0.4 is 10.6 Å². The van der Waals surface area contributed by atoms with Gasteiger partial charge in [-0.15, -0.1) is 0 Å². The molecule has 1 atom stereocenters. The fraction of sp³-hybridized carbons (Fsp3) is 0.625. The second-order valence-electron chi connectivity index (χ2n) is 3.30. The van der Waals surface area contributed by atoms with Crippen molar-refractivity contribution in [3.63, 3.8) is 0 Å². The highest BCUT2D eigenvalue weighted by Gasteiger charge is 2.22. The molecule has 1 aromatic rings. The molecule has 3 N–H and O–H groups in total. The Balaban J connectivity index is 2.12. The van der Waals surface area contributed by atoms with Crippen LogP contribution >= 0.6 is 11.8 Å². The highest BCUT2D eigenvalue weighted by molar-refractivity contribution is 7.99. The third-order valence-electron chi connectivity index (χ3n) is 2.48. The first-order valence-corrected chi connectivity index (χ1v) is 5.54. The predicted octanol–water partition coefficient (Wildman–Crippen LogP) is 0.934. The Hall–Kier alpha value is -0.840. The molecule has 13 heavy (non-hydrogen) atoms. The Morgan fingerprint density at radius 2 is 2.62 bits per heavy atom. The van der Waals surface area contributed by atoms with Crippen molar-refractivity contribution >= 4 is 23.3 Å². The Bertz CT molecular complexity index is 279. The highest BCUT2D eigenvalue weighted by Crippen LogP contribution is 2.27. The van der Waals surface area contributed by atoms with E-state index in [2.05, 4.69) is 22.1 Å². The normalized spacial score (nSPS) is 22.1. The standard InChI is InChI=1S/C8H14N4S/c1-12(6-2-3-13-5-6)7-4-10-11-8(7)9/h4,6H,2-3,5H2,1H3,(H3,9,10,11). The molecule has 0 aromatic carbocycles. The van der Waals surface area contributed by atoms with Crippen LogP contribution in [0.2, 0.25) is 0 Å². The summed E-state index contributed by atoms with van der Waals surface area (Å²) in [7, 11) is 2.08. The lowest BCUT2D eigenvalue weighted by Crippen LogP contribution is -2.31. The van der Waals surface area contributed by atoms with Crippen LogP contribution in [-0.2, 0) is 0 Å². The van der Waals surface area contributed by atoms with Crippen LogP contribution in [0.3, 0.4) is 0 Å². The number of anilines is 2. The van der Waals surface area contributed by atoms with Crippen LogP contribution in [0.5, 0.6) is 0 Å². The van der Waals surface area contributed by atoms with Gasteiger partial charge in [-0.05, 0) is 12.2 Å². The lowest BCUT2D eigenvalue weighted by atomic mass is 10.2. The van der Waals surface area contributed by atoms with Gasteiger partial charge in [0, 0.05) is 18.8 Å². The van der Waals surface area contributed by atoms with Crippen molar-refractivity contribution in [1.82, 2.24) is 10.2 Å². The van der Waals surface area contributed by atoms with E-state index in [9.17, 15) is 0 Å². The number of nitrogen functional groups attached to an aromatic ring is 1. The van der Waals surface area contributed by atoms with E-state index in [-0.39, 0.29) is 0 Å². The van der Waals surface area contributed by atoms with Gasteiger partial charge in [-0.25, -0.2) is 0 Å². The highest BCUT2D eigenvalue weighted by atomic mass is 32.2. The number of nitrogens with two attached hydrogens (primary N) is 1. The number of nitrogens with one attached hydrogen (secondary N) is 1. The largest absolute Gasteiger partial charge is 0.382 e. The molecular formula is C8H14N4S. The Morgan fingerprint density at radius 1 is 1.77 bits per heavy atom. The molecule has 4 nitrogen and oxygen atoms in total. The quantitative estimate of drug-likeness (QED) is 0.742. The molecule has 1 saturated heterocycles. The molecule has 1 fully saturated rings. The molecule has 0 amide bonds. The minimum absolute atomic E-state index is 0.616. The van der Waals surface area contributed by atoms with Crippen LogP contribution in [0.25, 0.3) is 0 Å². The van der Waals surface area contributed by atoms with Gasteiger partial charge < -0.3 is 10.6 Å². The molecule has 0 bridgehead atoms. The molecule has 0 radical (unpaired) electrons. The summed E-state index contributed by atoms with van der Waals surface area (Å²) in [6.07, 6.45) is 3.03. The van der Waals surface area contributed by atoms with E-state index in [1.165, 1.54) is 17.9 Å². The van der Waals surface area contributed by atoms with Crippen molar-refractivity contribution in [3.8, 4) is 0 Å². The zero-order valence-electron chi connectivity index (χ0n) is 7.66. The van der Waals surface area contributed by atoms with Gasteiger partial charge in [0.15, 0.2) is 0 Å². The number of hydrogen-bond acceptors (Lipinski definition) is 4. The minimum Gasteiger partial charge on any atom is -0.382 e. The topological polar surface area (TPSA) is 57.9 Å². The van der Waals surface area contributed by atoms with Crippen LogP contribution in [0.15, 0.2) is 6.20 Å². The summed E-state index contributed by atoms with van der Waals surface area (Å²) < 4.78 is 0.